The molecule has 1 aromatic heterocycles. The number of nitrogens with zero attached hydrogens (tertiary/aromatic N) is 3. The van der Waals surface area contributed by atoms with Crippen LogP contribution in [0.2, 0.25) is 0 Å². The molecular formula is C24H28N4O2S. The third-order valence-corrected chi connectivity index (χ3v) is 6.51. The third-order valence-electron chi connectivity index (χ3n) is 5.58. The number of benzene rings is 2. The van der Waals surface area contributed by atoms with Gasteiger partial charge >= 0.3 is 0 Å². The lowest BCUT2D eigenvalue weighted by atomic mass is 9.95. The van der Waals surface area contributed by atoms with Crippen molar-refractivity contribution in [2.24, 2.45) is 0 Å². The van der Waals surface area contributed by atoms with Crippen molar-refractivity contribution in [1.29, 1.82) is 0 Å². The number of ether oxygens (including phenoxy) is 1. The van der Waals surface area contributed by atoms with Gasteiger partial charge in [-0.3, -0.25) is 9.36 Å². The summed E-state index contributed by atoms with van der Waals surface area (Å²) in [6.07, 6.45) is 5.83. The first kappa shape index (κ1) is 21.4. The Morgan fingerprint density at radius 2 is 1.77 bits per heavy atom. The molecule has 31 heavy (non-hydrogen) atoms. The zero-order chi connectivity index (χ0) is 21.6. The molecule has 1 aliphatic rings. The molecule has 1 saturated carbocycles. The fourth-order valence-electron chi connectivity index (χ4n) is 3.86. The lowest BCUT2D eigenvalue weighted by Crippen LogP contribution is -2.37. The fraction of sp³-hybridized carbons (Fsp3) is 0.375. The molecule has 0 saturated heterocycles. The number of hydrogen-bond donors (Lipinski definition) is 1. The Balaban J connectivity index is 1.57. The van der Waals surface area contributed by atoms with E-state index in [-0.39, 0.29) is 5.91 Å². The molecule has 3 aromatic rings. The number of rotatable bonds is 7. The molecule has 6 nitrogen and oxygen atoms in total. The molecule has 2 aromatic carbocycles. The van der Waals surface area contributed by atoms with Crippen LogP contribution in [0.3, 0.4) is 0 Å². The van der Waals surface area contributed by atoms with Gasteiger partial charge in [-0.05, 0) is 56.2 Å². The molecule has 1 heterocycles. The molecule has 162 valence electrons. The number of carbonyl (C=O) groups excluding carboxylic acids is 1. The van der Waals surface area contributed by atoms with E-state index in [0.717, 1.165) is 35.7 Å². The quantitative estimate of drug-likeness (QED) is 0.539. The Kier molecular flexibility index (Phi) is 6.92. The van der Waals surface area contributed by atoms with Gasteiger partial charge in [0.1, 0.15) is 5.75 Å². The van der Waals surface area contributed by atoms with Gasteiger partial charge in [-0.2, -0.15) is 0 Å². The number of amides is 1. The summed E-state index contributed by atoms with van der Waals surface area (Å²) in [7, 11) is 1.65. The molecule has 0 radical (unpaired) electrons. The molecule has 4 rings (SSSR count). The van der Waals surface area contributed by atoms with Gasteiger partial charge in [0.25, 0.3) is 0 Å². The topological polar surface area (TPSA) is 69.0 Å². The third kappa shape index (κ3) is 5.28. The van der Waals surface area contributed by atoms with Crippen molar-refractivity contribution in [3.8, 4) is 22.8 Å². The number of hydrogen-bond acceptors (Lipinski definition) is 5. The molecule has 7 heteroatoms. The second-order valence-corrected chi connectivity index (χ2v) is 8.84. The van der Waals surface area contributed by atoms with E-state index >= 15 is 0 Å². The molecule has 1 fully saturated rings. The Bertz CT molecular complexity index is 1010. The van der Waals surface area contributed by atoms with Gasteiger partial charge in [0.2, 0.25) is 5.91 Å². The van der Waals surface area contributed by atoms with Gasteiger partial charge in [0.15, 0.2) is 11.0 Å². The molecule has 0 spiro atoms. The molecule has 1 N–H and O–H groups in total. The Hall–Kier alpha value is -2.80. The smallest absolute Gasteiger partial charge is 0.230 e. The van der Waals surface area contributed by atoms with E-state index in [4.69, 9.17) is 4.74 Å². The van der Waals surface area contributed by atoms with Crippen LogP contribution in [0.1, 0.15) is 37.7 Å². The minimum atomic E-state index is 0.0568. The first-order valence-corrected chi connectivity index (χ1v) is 11.7. The monoisotopic (exact) mass is 436 g/mol. The maximum atomic E-state index is 12.5. The van der Waals surface area contributed by atoms with Gasteiger partial charge in [-0.25, -0.2) is 0 Å². The van der Waals surface area contributed by atoms with Gasteiger partial charge < -0.3 is 10.1 Å². The highest BCUT2D eigenvalue weighted by Gasteiger charge is 2.19. The second-order valence-electron chi connectivity index (χ2n) is 7.90. The Labute approximate surface area is 187 Å². The van der Waals surface area contributed by atoms with Crippen LogP contribution in [-0.4, -0.2) is 39.6 Å². The zero-order valence-corrected chi connectivity index (χ0v) is 18.8. The van der Waals surface area contributed by atoms with Crippen molar-refractivity contribution in [1.82, 2.24) is 20.1 Å². The van der Waals surface area contributed by atoms with E-state index in [2.05, 4.69) is 46.7 Å². The zero-order valence-electron chi connectivity index (χ0n) is 18.0. The molecule has 1 aliphatic carbocycles. The van der Waals surface area contributed by atoms with E-state index in [1.807, 2.05) is 28.8 Å². The van der Waals surface area contributed by atoms with Crippen molar-refractivity contribution >= 4 is 17.7 Å². The van der Waals surface area contributed by atoms with E-state index in [1.54, 1.807) is 7.11 Å². The summed E-state index contributed by atoms with van der Waals surface area (Å²) in [4.78, 5) is 12.5. The van der Waals surface area contributed by atoms with Gasteiger partial charge in [0, 0.05) is 17.3 Å². The Morgan fingerprint density at radius 3 is 2.45 bits per heavy atom. The summed E-state index contributed by atoms with van der Waals surface area (Å²) in [5.41, 5.74) is 3.09. The number of aryl methyl sites for hydroxylation is 1. The summed E-state index contributed by atoms with van der Waals surface area (Å²) in [5.74, 6) is 1.91. The first-order chi connectivity index (χ1) is 15.1. The SMILES string of the molecule is COc1ccc(-c2nnc(SCC(=O)NC3CCCCC3)n2-c2ccc(C)cc2)cc1. The van der Waals surface area contributed by atoms with Crippen molar-refractivity contribution in [2.75, 3.05) is 12.9 Å². The molecule has 0 atom stereocenters. The highest BCUT2D eigenvalue weighted by atomic mass is 32.2. The summed E-state index contributed by atoms with van der Waals surface area (Å²) >= 11 is 1.42. The van der Waals surface area contributed by atoms with Crippen LogP contribution in [-0.2, 0) is 4.79 Å². The summed E-state index contributed by atoms with van der Waals surface area (Å²) < 4.78 is 7.29. The molecular weight excluding hydrogens is 408 g/mol. The minimum absolute atomic E-state index is 0.0568. The summed E-state index contributed by atoms with van der Waals surface area (Å²) in [6, 6.07) is 16.3. The van der Waals surface area contributed by atoms with E-state index in [0.29, 0.717) is 17.0 Å². The first-order valence-electron chi connectivity index (χ1n) is 10.7. The van der Waals surface area contributed by atoms with Gasteiger partial charge in [-0.1, -0.05) is 48.7 Å². The number of methoxy groups -OCH3 is 1. The van der Waals surface area contributed by atoms with Crippen LogP contribution < -0.4 is 10.1 Å². The molecule has 0 unspecified atom stereocenters. The maximum absolute atomic E-state index is 12.5. The second kappa shape index (κ2) is 10.0. The van der Waals surface area contributed by atoms with E-state index in [9.17, 15) is 4.79 Å². The van der Waals surface area contributed by atoms with E-state index < -0.39 is 0 Å². The number of thioether (sulfide) groups is 1. The lowest BCUT2D eigenvalue weighted by molar-refractivity contribution is -0.119. The number of aromatic nitrogens is 3. The average Bonchev–Trinajstić information content (AvgIpc) is 3.23. The number of carbonyl (C=O) groups is 1. The minimum Gasteiger partial charge on any atom is -0.497 e. The fourth-order valence-corrected chi connectivity index (χ4v) is 4.63. The highest BCUT2D eigenvalue weighted by Crippen LogP contribution is 2.29. The van der Waals surface area contributed by atoms with Crippen molar-refractivity contribution in [2.45, 2.75) is 50.2 Å². The van der Waals surface area contributed by atoms with E-state index in [1.165, 1.54) is 36.6 Å². The largest absolute Gasteiger partial charge is 0.497 e. The van der Waals surface area contributed by atoms with Crippen LogP contribution in [0.15, 0.2) is 53.7 Å². The van der Waals surface area contributed by atoms with Crippen LogP contribution in [0.5, 0.6) is 5.75 Å². The lowest BCUT2D eigenvalue weighted by Gasteiger charge is -2.22. The molecule has 0 aliphatic heterocycles. The van der Waals surface area contributed by atoms with Gasteiger partial charge in [-0.15, -0.1) is 10.2 Å². The Morgan fingerprint density at radius 1 is 1.06 bits per heavy atom. The highest BCUT2D eigenvalue weighted by molar-refractivity contribution is 7.99. The van der Waals surface area contributed by atoms with Crippen molar-refractivity contribution in [3.63, 3.8) is 0 Å². The van der Waals surface area contributed by atoms with Crippen molar-refractivity contribution in [3.05, 3.63) is 54.1 Å². The van der Waals surface area contributed by atoms with Crippen LogP contribution in [0.4, 0.5) is 0 Å². The molecule has 0 bridgehead atoms. The normalized spacial score (nSPS) is 14.4. The van der Waals surface area contributed by atoms with Gasteiger partial charge in [0.05, 0.1) is 12.9 Å². The number of nitrogens with one attached hydrogen (secondary N) is 1. The maximum Gasteiger partial charge on any atom is 0.230 e. The standard InChI is InChI=1S/C24H28N4O2S/c1-17-8-12-20(13-9-17)28-23(18-10-14-21(30-2)15-11-18)26-27-24(28)31-16-22(29)25-19-6-4-3-5-7-19/h8-15,19H,3-7,16H2,1-2H3,(H,25,29). The summed E-state index contributed by atoms with van der Waals surface area (Å²) in [6.45, 7) is 2.06. The van der Waals surface area contributed by atoms with Crippen LogP contribution in [0, 0.1) is 6.92 Å². The van der Waals surface area contributed by atoms with Crippen LogP contribution >= 0.6 is 11.8 Å². The van der Waals surface area contributed by atoms with Crippen molar-refractivity contribution < 1.29 is 9.53 Å². The predicted octanol–water partition coefficient (Wildman–Crippen LogP) is 4.79. The van der Waals surface area contributed by atoms with Crippen LogP contribution in [0.25, 0.3) is 17.1 Å². The molecule has 1 amide bonds. The predicted molar refractivity (Wildman–Crippen MR) is 124 cm³/mol. The average molecular weight is 437 g/mol. The summed E-state index contributed by atoms with van der Waals surface area (Å²) in [5, 5.41) is 12.7.